The van der Waals surface area contributed by atoms with E-state index in [1.165, 1.54) is 24.3 Å². The molecule has 5 heteroatoms. The van der Waals surface area contributed by atoms with Gasteiger partial charge in [0, 0.05) is 42.8 Å². The third-order valence-corrected chi connectivity index (χ3v) is 5.42. The standard InChI is InChI=1S/C16H19N3OS/c1-2-13(6-17-5-1)20-16-4-3-12-8-19(10-15(12)16)9-14-7-18-11-21-14/h1-2,5-7,11-12,15-16H,3-4,8-10H2/t12-,15+,16-/m1/s1. The Balaban J connectivity index is 1.39. The maximum atomic E-state index is 6.17. The first-order valence-corrected chi connectivity index (χ1v) is 8.43. The van der Waals surface area contributed by atoms with Gasteiger partial charge in [0.05, 0.1) is 11.7 Å². The summed E-state index contributed by atoms with van der Waals surface area (Å²) in [5, 5.41) is 0. The zero-order valence-electron chi connectivity index (χ0n) is 11.9. The lowest BCUT2D eigenvalue weighted by molar-refractivity contribution is 0.147. The first-order chi connectivity index (χ1) is 10.4. The molecule has 1 saturated heterocycles. The third kappa shape index (κ3) is 2.80. The van der Waals surface area contributed by atoms with Crippen molar-refractivity contribution in [1.82, 2.24) is 14.9 Å². The van der Waals surface area contributed by atoms with E-state index in [9.17, 15) is 0 Å². The second kappa shape index (κ2) is 5.73. The molecule has 1 saturated carbocycles. The summed E-state index contributed by atoms with van der Waals surface area (Å²) in [6.45, 7) is 3.39. The molecule has 0 N–H and O–H groups in total. The van der Waals surface area contributed by atoms with Gasteiger partial charge in [-0.15, -0.1) is 11.3 Å². The Morgan fingerprint density at radius 3 is 3.05 bits per heavy atom. The summed E-state index contributed by atoms with van der Waals surface area (Å²) in [5.74, 6) is 2.36. The molecule has 0 unspecified atom stereocenters. The Hall–Kier alpha value is -1.46. The number of pyridine rings is 1. The smallest absolute Gasteiger partial charge is 0.138 e. The summed E-state index contributed by atoms with van der Waals surface area (Å²) in [5.41, 5.74) is 1.92. The zero-order chi connectivity index (χ0) is 14.1. The normalized spacial score (nSPS) is 28.7. The van der Waals surface area contributed by atoms with Crippen molar-refractivity contribution in [3.8, 4) is 5.75 Å². The molecule has 21 heavy (non-hydrogen) atoms. The van der Waals surface area contributed by atoms with Crippen LogP contribution in [0, 0.1) is 11.8 Å². The highest BCUT2D eigenvalue weighted by Gasteiger charge is 2.43. The van der Waals surface area contributed by atoms with Gasteiger partial charge in [-0.25, -0.2) is 0 Å². The van der Waals surface area contributed by atoms with E-state index in [-0.39, 0.29) is 0 Å². The van der Waals surface area contributed by atoms with Gasteiger partial charge in [0.2, 0.25) is 0 Å². The fraction of sp³-hybridized carbons (Fsp3) is 0.500. The van der Waals surface area contributed by atoms with Crippen molar-refractivity contribution in [2.45, 2.75) is 25.5 Å². The van der Waals surface area contributed by atoms with Crippen LogP contribution in [0.1, 0.15) is 17.7 Å². The molecule has 110 valence electrons. The highest BCUT2D eigenvalue weighted by Crippen LogP contribution is 2.40. The third-order valence-electron chi connectivity index (χ3n) is 4.65. The van der Waals surface area contributed by atoms with Crippen molar-refractivity contribution in [2.24, 2.45) is 11.8 Å². The van der Waals surface area contributed by atoms with E-state index in [1.54, 1.807) is 17.5 Å². The lowest BCUT2D eigenvalue weighted by atomic mass is 9.99. The van der Waals surface area contributed by atoms with Gasteiger partial charge in [-0.2, -0.15) is 0 Å². The summed E-state index contributed by atoms with van der Waals surface area (Å²) >= 11 is 1.75. The number of hydrogen-bond donors (Lipinski definition) is 0. The number of hydrogen-bond acceptors (Lipinski definition) is 5. The van der Waals surface area contributed by atoms with Crippen LogP contribution in [0.25, 0.3) is 0 Å². The fourth-order valence-corrected chi connectivity index (χ4v) is 4.35. The monoisotopic (exact) mass is 301 g/mol. The van der Waals surface area contributed by atoms with E-state index in [2.05, 4.69) is 14.9 Å². The van der Waals surface area contributed by atoms with Gasteiger partial charge in [-0.05, 0) is 30.9 Å². The number of nitrogens with zero attached hydrogens (tertiary/aromatic N) is 3. The number of thiazole rings is 1. The number of fused-ring (bicyclic) bond motifs is 1. The van der Waals surface area contributed by atoms with Crippen LogP contribution in [0.2, 0.25) is 0 Å². The average molecular weight is 301 g/mol. The molecule has 3 atom stereocenters. The van der Waals surface area contributed by atoms with Crippen LogP contribution in [0.5, 0.6) is 5.75 Å². The van der Waals surface area contributed by atoms with E-state index in [0.29, 0.717) is 12.0 Å². The van der Waals surface area contributed by atoms with Gasteiger partial charge in [-0.1, -0.05) is 0 Å². The molecule has 1 aliphatic heterocycles. The van der Waals surface area contributed by atoms with Gasteiger partial charge in [0.1, 0.15) is 11.9 Å². The van der Waals surface area contributed by atoms with E-state index >= 15 is 0 Å². The van der Waals surface area contributed by atoms with Crippen LogP contribution in [-0.2, 0) is 6.54 Å². The Morgan fingerprint density at radius 2 is 2.24 bits per heavy atom. The molecule has 1 aliphatic carbocycles. The quantitative estimate of drug-likeness (QED) is 0.870. The minimum atomic E-state index is 0.352. The van der Waals surface area contributed by atoms with E-state index < -0.39 is 0 Å². The fourth-order valence-electron chi connectivity index (χ4n) is 3.72. The van der Waals surface area contributed by atoms with Crippen molar-refractivity contribution in [3.05, 3.63) is 41.1 Å². The van der Waals surface area contributed by atoms with Crippen molar-refractivity contribution < 1.29 is 4.74 Å². The maximum absolute atomic E-state index is 6.17. The minimum Gasteiger partial charge on any atom is -0.488 e. The van der Waals surface area contributed by atoms with E-state index in [1.807, 2.05) is 30.0 Å². The molecular formula is C16H19N3OS. The molecular weight excluding hydrogens is 282 g/mol. The van der Waals surface area contributed by atoms with Crippen molar-refractivity contribution >= 4 is 11.3 Å². The van der Waals surface area contributed by atoms with Gasteiger partial charge in [-0.3, -0.25) is 14.9 Å². The summed E-state index contributed by atoms with van der Waals surface area (Å²) < 4.78 is 6.17. The SMILES string of the molecule is c1cncc(O[C@@H]2CC[C@@H]3CN(Cc4cncs4)C[C@@H]32)c1. The highest BCUT2D eigenvalue weighted by atomic mass is 32.1. The van der Waals surface area contributed by atoms with Gasteiger partial charge >= 0.3 is 0 Å². The van der Waals surface area contributed by atoms with Crippen molar-refractivity contribution in [2.75, 3.05) is 13.1 Å². The average Bonchev–Trinajstić information content (AvgIpc) is 3.20. The molecule has 2 aromatic rings. The van der Waals surface area contributed by atoms with Gasteiger partial charge in [0.15, 0.2) is 0 Å². The Morgan fingerprint density at radius 1 is 1.24 bits per heavy atom. The summed E-state index contributed by atoms with van der Waals surface area (Å²) in [6, 6.07) is 3.94. The lowest BCUT2D eigenvalue weighted by Gasteiger charge is -2.21. The first kappa shape index (κ1) is 13.2. The molecule has 0 radical (unpaired) electrons. The molecule has 4 nitrogen and oxygen atoms in total. The Labute approximate surface area is 128 Å². The van der Waals surface area contributed by atoms with Crippen LogP contribution in [0.4, 0.5) is 0 Å². The zero-order valence-corrected chi connectivity index (χ0v) is 12.7. The Bertz CT molecular complexity index is 574. The van der Waals surface area contributed by atoms with Gasteiger partial charge < -0.3 is 4.74 Å². The molecule has 4 rings (SSSR count). The minimum absolute atomic E-state index is 0.352. The summed E-state index contributed by atoms with van der Waals surface area (Å²) in [6.07, 6.45) is 8.41. The summed E-state index contributed by atoms with van der Waals surface area (Å²) in [4.78, 5) is 12.2. The predicted octanol–water partition coefficient (Wildman–Crippen LogP) is 2.83. The predicted molar refractivity (Wildman–Crippen MR) is 82.3 cm³/mol. The number of likely N-dealkylation sites (tertiary alicyclic amines) is 1. The maximum Gasteiger partial charge on any atom is 0.138 e. The number of aromatic nitrogens is 2. The molecule has 0 amide bonds. The van der Waals surface area contributed by atoms with Crippen LogP contribution in [0.3, 0.4) is 0 Å². The van der Waals surface area contributed by atoms with Crippen molar-refractivity contribution in [1.29, 1.82) is 0 Å². The summed E-state index contributed by atoms with van der Waals surface area (Å²) in [7, 11) is 0. The first-order valence-electron chi connectivity index (χ1n) is 7.55. The van der Waals surface area contributed by atoms with E-state index in [4.69, 9.17) is 4.74 Å². The van der Waals surface area contributed by atoms with Gasteiger partial charge in [0.25, 0.3) is 0 Å². The molecule has 2 fully saturated rings. The van der Waals surface area contributed by atoms with Crippen LogP contribution >= 0.6 is 11.3 Å². The molecule has 2 aliphatic rings. The van der Waals surface area contributed by atoms with E-state index in [0.717, 1.165) is 24.8 Å². The topological polar surface area (TPSA) is 38.2 Å². The molecule has 0 spiro atoms. The molecule has 2 aromatic heterocycles. The molecule has 0 bridgehead atoms. The second-order valence-electron chi connectivity index (χ2n) is 6.01. The van der Waals surface area contributed by atoms with Crippen LogP contribution in [-0.4, -0.2) is 34.1 Å². The highest BCUT2D eigenvalue weighted by molar-refractivity contribution is 7.09. The Kier molecular flexibility index (Phi) is 3.61. The number of ether oxygens (including phenoxy) is 1. The number of rotatable bonds is 4. The molecule has 3 heterocycles. The lowest BCUT2D eigenvalue weighted by Crippen LogP contribution is -2.28. The molecule has 0 aromatic carbocycles. The van der Waals surface area contributed by atoms with Crippen LogP contribution < -0.4 is 4.74 Å². The van der Waals surface area contributed by atoms with Crippen LogP contribution in [0.15, 0.2) is 36.2 Å². The second-order valence-corrected chi connectivity index (χ2v) is 6.98. The largest absolute Gasteiger partial charge is 0.488 e. The van der Waals surface area contributed by atoms with Crippen molar-refractivity contribution in [3.63, 3.8) is 0 Å².